The van der Waals surface area contributed by atoms with Gasteiger partial charge >= 0.3 is 0 Å². The predicted octanol–water partition coefficient (Wildman–Crippen LogP) is 1.93. The van der Waals surface area contributed by atoms with Crippen LogP contribution in [0.5, 0.6) is 0 Å². The lowest BCUT2D eigenvalue weighted by Gasteiger charge is -2.07. The third-order valence-electron chi connectivity index (χ3n) is 2.08. The fraction of sp³-hybridized carbons (Fsp3) is 0.222. The number of hydrogen-bond acceptors (Lipinski definition) is 5. The van der Waals surface area contributed by atoms with Gasteiger partial charge in [0.2, 0.25) is 0 Å². The minimum atomic E-state index is -4.30. The predicted molar refractivity (Wildman–Crippen MR) is 69.2 cm³/mol. The highest BCUT2D eigenvalue weighted by molar-refractivity contribution is 8.13. The quantitative estimate of drug-likeness (QED) is 0.516. The van der Waals surface area contributed by atoms with E-state index in [9.17, 15) is 23.3 Å². The van der Waals surface area contributed by atoms with Gasteiger partial charge in [0.25, 0.3) is 20.6 Å². The molecule has 0 saturated heterocycles. The second kappa shape index (κ2) is 5.72. The molecule has 104 valence electrons. The number of amides is 1. The molecule has 0 aliphatic carbocycles. The van der Waals surface area contributed by atoms with E-state index in [-0.39, 0.29) is 12.1 Å². The van der Waals surface area contributed by atoms with Crippen molar-refractivity contribution in [2.24, 2.45) is 0 Å². The first-order valence-electron chi connectivity index (χ1n) is 4.89. The number of nitro benzene ring substituents is 1. The second-order valence-corrected chi connectivity index (χ2v) is 6.27. The molecule has 0 radical (unpaired) electrons. The van der Waals surface area contributed by atoms with Crippen LogP contribution in [0.15, 0.2) is 17.0 Å². The summed E-state index contributed by atoms with van der Waals surface area (Å²) in [6.45, 7) is 1.88. The average Bonchev–Trinajstić information content (AvgIpc) is 2.27. The van der Waals surface area contributed by atoms with Gasteiger partial charge in [0.1, 0.15) is 4.90 Å². The number of rotatable bonds is 4. The number of carbonyl (C=O) groups is 1. The zero-order chi connectivity index (χ0) is 14.8. The van der Waals surface area contributed by atoms with Crippen LogP contribution in [0.3, 0.4) is 0 Å². The zero-order valence-corrected chi connectivity index (χ0v) is 11.8. The van der Waals surface area contributed by atoms with E-state index in [1.54, 1.807) is 6.92 Å². The molecule has 1 aromatic carbocycles. The Labute approximate surface area is 118 Å². The normalized spacial score (nSPS) is 11.1. The summed E-state index contributed by atoms with van der Waals surface area (Å²) in [5.41, 5.74) is -0.915. The van der Waals surface area contributed by atoms with Gasteiger partial charge in [-0.25, -0.2) is 8.42 Å². The molecule has 19 heavy (non-hydrogen) atoms. The molecule has 0 spiro atoms. The second-order valence-electron chi connectivity index (χ2n) is 3.36. The lowest BCUT2D eigenvalue weighted by atomic mass is 10.2. The van der Waals surface area contributed by atoms with Crippen molar-refractivity contribution in [3.05, 3.63) is 32.8 Å². The van der Waals surface area contributed by atoms with Crippen LogP contribution >= 0.6 is 22.3 Å². The highest BCUT2D eigenvalue weighted by atomic mass is 35.7. The van der Waals surface area contributed by atoms with Crippen LogP contribution in [-0.2, 0) is 9.05 Å². The molecule has 0 bridgehead atoms. The van der Waals surface area contributed by atoms with Crippen LogP contribution in [0.4, 0.5) is 5.69 Å². The van der Waals surface area contributed by atoms with Crippen LogP contribution in [0.1, 0.15) is 17.3 Å². The molecule has 0 fully saturated rings. The Hall–Kier alpha value is -1.38. The summed E-state index contributed by atoms with van der Waals surface area (Å²) >= 11 is 5.75. The SMILES string of the molecule is CCNC(=O)c1cc([N+](=O)[O-])cc(S(=O)(=O)Cl)c1Cl. The first-order chi connectivity index (χ1) is 8.68. The van der Waals surface area contributed by atoms with Crippen molar-refractivity contribution in [1.82, 2.24) is 5.32 Å². The monoisotopic (exact) mass is 326 g/mol. The van der Waals surface area contributed by atoms with E-state index in [1.807, 2.05) is 0 Å². The fourth-order valence-electron chi connectivity index (χ4n) is 1.29. The minimum Gasteiger partial charge on any atom is -0.352 e. The molecule has 1 amide bonds. The molecule has 0 aliphatic rings. The van der Waals surface area contributed by atoms with Gasteiger partial charge in [-0.15, -0.1) is 0 Å². The maximum absolute atomic E-state index is 11.7. The van der Waals surface area contributed by atoms with Gasteiger partial charge in [-0.3, -0.25) is 14.9 Å². The Kier molecular flexibility index (Phi) is 4.72. The zero-order valence-electron chi connectivity index (χ0n) is 9.51. The number of hydrogen-bond donors (Lipinski definition) is 1. The fourth-order valence-corrected chi connectivity index (χ4v) is 2.86. The molecule has 1 aromatic rings. The maximum Gasteiger partial charge on any atom is 0.271 e. The molecule has 0 saturated carbocycles. The van der Waals surface area contributed by atoms with Gasteiger partial charge in [0, 0.05) is 29.4 Å². The summed E-state index contributed by atoms with van der Waals surface area (Å²) in [6.07, 6.45) is 0. The Morgan fingerprint density at radius 1 is 1.47 bits per heavy atom. The van der Waals surface area contributed by atoms with E-state index < -0.39 is 35.5 Å². The third-order valence-corrected chi connectivity index (χ3v) is 3.94. The van der Waals surface area contributed by atoms with E-state index in [0.29, 0.717) is 6.07 Å². The molecule has 0 atom stereocenters. The largest absolute Gasteiger partial charge is 0.352 e. The van der Waals surface area contributed by atoms with Gasteiger partial charge in [-0.1, -0.05) is 11.6 Å². The summed E-state index contributed by atoms with van der Waals surface area (Å²) in [4.78, 5) is 20.9. The van der Waals surface area contributed by atoms with Gasteiger partial charge in [-0.2, -0.15) is 0 Å². The van der Waals surface area contributed by atoms with Crippen molar-refractivity contribution >= 4 is 42.9 Å². The van der Waals surface area contributed by atoms with Crippen molar-refractivity contribution in [3.63, 3.8) is 0 Å². The lowest BCUT2D eigenvalue weighted by Crippen LogP contribution is -2.23. The van der Waals surface area contributed by atoms with Crippen LogP contribution in [-0.4, -0.2) is 25.8 Å². The van der Waals surface area contributed by atoms with Crippen molar-refractivity contribution in [3.8, 4) is 0 Å². The number of non-ortho nitro benzene ring substituents is 1. The molecule has 0 heterocycles. The van der Waals surface area contributed by atoms with Gasteiger partial charge in [-0.05, 0) is 6.92 Å². The highest BCUT2D eigenvalue weighted by Crippen LogP contribution is 2.32. The first kappa shape index (κ1) is 15.7. The smallest absolute Gasteiger partial charge is 0.271 e. The first-order valence-corrected chi connectivity index (χ1v) is 7.58. The number of nitrogens with zero attached hydrogens (tertiary/aromatic N) is 1. The van der Waals surface area contributed by atoms with Crippen LogP contribution in [0.2, 0.25) is 5.02 Å². The number of carbonyl (C=O) groups excluding carboxylic acids is 1. The van der Waals surface area contributed by atoms with Crippen molar-refractivity contribution in [2.75, 3.05) is 6.54 Å². The average molecular weight is 327 g/mol. The summed E-state index contributed by atoms with van der Waals surface area (Å²) in [6, 6.07) is 1.59. The Morgan fingerprint density at radius 2 is 2.05 bits per heavy atom. The minimum absolute atomic E-state index is 0.251. The van der Waals surface area contributed by atoms with Gasteiger partial charge in [0.05, 0.1) is 15.5 Å². The van der Waals surface area contributed by atoms with E-state index in [2.05, 4.69) is 5.32 Å². The topological polar surface area (TPSA) is 106 Å². The number of nitro groups is 1. The Morgan fingerprint density at radius 3 is 2.47 bits per heavy atom. The third kappa shape index (κ3) is 3.55. The standard InChI is InChI=1S/C9H8Cl2N2O5S/c1-2-12-9(14)6-3-5(13(15)16)4-7(8(6)10)19(11,17)18/h3-4H,2H2,1H3,(H,12,14). The summed E-state index contributed by atoms with van der Waals surface area (Å²) in [5.74, 6) is -0.724. The molecule has 1 N–H and O–H groups in total. The van der Waals surface area contributed by atoms with Gasteiger partial charge < -0.3 is 5.32 Å². The molecule has 1 rings (SSSR count). The van der Waals surface area contributed by atoms with Crippen LogP contribution in [0.25, 0.3) is 0 Å². The summed E-state index contributed by atoms with van der Waals surface area (Å²) < 4.78 is 22.6. The van der Waals surface area contributed by atoms with Crippen LogP contribution < -0.4 is 5.32 Å². The number of nitrogens with one attached hydrogen (secondary N) is 1. The molecular weight excluding hydrogens is 319 g/mol. The molecule has 7 nitrogen and oxygen atoms in total. The highest BCUT2D eigenvalue weighted by Gasteiger charge is 2.25. The summed E-state index contributed by atoms with van der Waals surface area (Å²) in [5, 5.41) is 12.6. The van der Waals surface area contributed by atoms with Crippen molar-refractivity contribution in [2.45, 2.75) is 11.8 Å². The Bertz CT molecular complexity index is 644. The van der Waals surface area contributed by atoms with Crippen LogP contribution in [0, 0.1) is 10.1 Å². The number of benzene rings is 1. The van der Waals surface area contributed by atoms with E-state index >= 15 is 0 Å². The van der Waals surface area contributed by atoms with Gasteiger partial charge in [0.15, 0.2) is 0 Å². The van der Waals surface area contributed by atoms with E-state index in [4.69, 9.17) is 22.3 Å². The maximum atomic E-state index is 11.7. The van der Waals surface area contributed by atoms with E-state index in [1.165, 1.54) is 0 Å². The van der Waals surface area contributed by atoms with Crippen molar-refractivity contribution in [1.29, 1.82) is 0 Å². The Balaban J connectivity index is 3.60. The molecular formula is C9H8Cl2N2O5S. The molecule has 0 aromatic heterocycles. The lowest BCUT2D eigenvalue weighted by molar-refractivity contribution is -0.385. The van der Waals surface area contributed by atoms with E-state index in [0.717, 1.165) is 6.07 Å². The summed E-state index contributed by atoms with van der Waals surface area (Å²) in [7, 11) is 0.823. The molecule has 10 heteroatoms. The molecule has 0 unspecified atom stereocenters. The number of halogens is 2. The van der Waals surface area contributed by atoms with Crippen molar-refractivity contribution < 1.29 is 18.1 Å². The molecule has 0 aliphatic heterocycles.